The molecule has 108 valence electrons. The highest BCUT2D eigenvalue weighted by Gasteiger charge is 2.18. The van der Waals surface area contributed by atoms with Crippen LogP contribution in [-0.4, -0.2) is 38.0 Å². The van der Waals surface area contributed by atoms with Crippen LogP contribution in [0.2, 0.25) is 0 Å². The molecule has 0 bridgehead atoms. The summed E-state index contributed by atoms with van der Waals surface area (Å²) in [5.74, 6) is 0.893. The van der Waals surface area contributed by atoms with Crippen LogP contribution in [0, 0.1) is 0 Å². The maximum Gasteiger partial charge on any atom is 0.148 e. The number of benzene rings is 1. The summed E-state index contributed by atoms with van der Waals surface area (Å²) in [4.78, 5) is 0. The molecule has 2 atom stereocenters. The summed E-state index contributed by atoms with van der Waals surface area (Å²) >= 11 is 1.70. The van der Waals surface area contributed by atoms with Crippen molar-refractivity contribution in [2.24, 2.45) is 0 Å². The van der Waals surface area contributed by atoms with Gasteiger partial charge in [-0.1, -0.05) is 44.2 Å². The van der Waals surface area contributed by atoms with E-state index in [1.165, 1.54) is 11.8 Å². The van der Waals surface area contributed by atoms with Crippen molar-refractivity contribution in [2.45, 2.75) is 25.1 Å². The van der Waals surface area contributed by atoms with Crippen LogP contribution in [-0.2, 0) is 9.84 Å². The molecule has 3 nitrogen and oxygen atoms in total. The normalized spacial score (nSPS) is 15.1. The molecule has 0 saturated carbocycles. The molecule has 5 heteroatoms. The van der Waals surface area contributed by atoms with Gasteiger partial charge in [0.15, 0.2) is 0 Å². The Morgan fingerprint density at radius 1 is 1.26 bits per heavy atom. The van der Waals surface area contributed by atoms with Gasteiger partial charge in [-0.3, -0.25) is 0 Å². The highest BCUT2D eigenvalue weighted by molar-refractivity contribution is 8.01. The van der Waals surface area contributed by atoms with Crippen LogP contribution in [0.4, 0.5) is 0 Å². The molecule has 2 unspecified atom stereocenters. The molecule has 1 aromatic rings. The second-order valence-electron chi connectivity index (χ2n) is 4.65. The quantitative estimate of drug-likeness (QED) is 0.801. The van der Waals surface area contributed by atoms with Gasteiger partial charge in [-0.05, 0) is 12.1 Å². The predicted octanol–water partition coefficient (Wildman–Crippen LogP) is 2.50. The fraction of sp³-hybridized carbons (Fsp3) is 0.571. The van der Waals surface area contributed by atoms with Crippen LogP contribution in [0.15, 0.2) is 30.3 Å². The summed E-state index contributed by atoms with van der Waals surface area (Å²) in [7, 11) is -2.86. The number of sulfone groups is 1. The number of thioether (sulfide) groups is 1. The van der Waals surface area contributed by atoms with Crippen LogP contribution in [0.5, 0.6) is 0 Å². The first-order chi connectivity index (χ1) is 8.94. The lowest BCUT2D eigenvalue weighted by Gasteiger charge is -2.25. The van der Waals surface area contributed by atoms with Crippen molar-refractivity contribution in [1.29, 1.82) is 0 Å². The smallest absolute Gasteiger partial charge is 0.148 e. The summed E-state index contributed by atoms with van der Waals surface area (Å²) in [5, 5.41) is 3.81. The third-order valence-electron chi connectivity index (χ3n) is 2.89. The third kappa shape index (κ3) is 6.45. The van der Waals surface area contributed by atoms with E-state index in [1.807, 2.05) is 18.2 Å². The molecule has 0 aliphatic carbocycles. The van der Waals surface area contributed by atoms with Gasteiger partial charge in [0.05, 0.1) is 5.75 Å². The van der Waals surface area contributed by atoms with Gasteiger partial charge < -0.3 is 5.32 Å². The summed E-state index contributed by atoms with van der Waals surface area (Å²) in [5.41, 5.74) is 1.25. The van der Waals surface area contributed by atoms with Gasteiger partial charge in [0.1, 0.15) is 9.84 Å². The van der Waals surface area contributed by atoms with E-state index in [1.54, 1.807) is 11.8 Å². The molecule has 1 rings (SSSR count). The lowest BCUT2D eigenvalue weighted by Crippen LogP contribution is -2.29. The highest BCUT2D eigenvalue weighted by Crippen LogP contribution is 2.26. The summed E-state index contributed by atoms with van der Waals surface area (Å²) < 4.78 is 22.3. The maximum atomic E-state index is 11.1. The minimum atomic E-state index is -2.86. The van der Waals surface area contributed by atoms with E-state index < -0.39 is 9.84 Å². The molecule has 0 saturated heterocycles. The monoisotopic (exact) mass is 301 g/mol. The fourth-order valence-corrected chi connectivity index (χ4v) is 4.33. The Morgan fingerprint density at radius 3 is 2.42 bits per heavy atom. The Labute approximate surface area is 121 Å². The van der Waals surface area contributed by atoms with Crippen molar-refractivity contribution >= 4 is 21.6 Å². The molecule has 0 heterocycles. The fourth-order valence-electron chi connectivity index (χ4n) is 1.92. The third-order valence-corrected chi connectivity index (χ3v) is 5.33. The summed E-state index contributed by atoms with van der Waals surface area (Å²) in [6, 6.07) is 10.6. The molecule has 0 spiro atoms. The van der Waals surface area contributed by atoms with Gasteiger partial charge in [0.25, 0.3) is 0 Å². The van der Waals surface area contributed by atoms with Gasteiger partial charge in [-0.15, -0.1) is 0 Å². The molecule has 0 radical (unpaired) electrons. The van der Waals surface area contributed by atoms with Crippen LogP contribution in [0.25, 0.3) is 0 Å². The zero-order valence-electron chi connectivity index (χ0n) is 11.8. The van der Waals surface area contributed by atoms with Crippen LogP contribution >= 0.6 is 11.8 Å². The minimum Gasteiger partial charge on any atom is -0.309 e. The Morgan fingerprint density at radius 2 is 1.89 bits per heavy atom. The first-order valence-corrected chi connectivity index (χ1v) is 9.62. The Kier molecular flexibility index (Phi) is 6.89. The van der Waals surface area contributed by atoms with Crippen molar-refractivity contribution < 1.29 is 8.42 Å². The molecular formula is C14H23NO2S2. The van der Waals surface area contributed by atoms with Crippen molar-refractivity contribution in [3.8, 4) is 0 Å². The van der Waals surface area contributed by atoms with E-state index in [-0.39, 0.29) is 11.8 Å². The number of hydrogen-bond acceptors (Lipinski definition) is 4. The maximum absolute atomic E-state index is 11.1. The Hall–Kier alpha value is -0.520. The molecule has 0 amide bonds. The van der Waals surface area contributed by atoms with Crippen molar-refractivity contribution in [3.63, 3.8) is 0 Å². The van der Waals surface area contributed by atoms with E-state index >= 15 is 0 Å². The minimum absolute atomic E-state index is 0.246. The van der Waals surface area contributed by atoms with Crippen LogP contribution in [0.3, 0.4) is 0 Å². The Bertz CT molecular complexity index is 460. The molecule has 1 N–H and O–H groups in total. The van der Waals surface area contributed by atoms with E-state index in [9.17, 15) is 8.42 Å². The number of nitrogens with one attached hydrogen (secondary N) is 1. The lowest BCUT2D eigenvalue weighted by atomic mass is 10.0. The van der Waals surface area contributed by atoms with Crippen LogP contribution < -0.4 is 5.32 Å². The zero-order valence-corrected chi connectivity index (χ0v) is 13.4. The summed E-state index contributed by atoms with van der Waals surface area (Å²) in [6.07, 6.45) is 1.29. The highest BCUT2D eigenvalue weighted by atomic mass is 32.2. The lowest BCUT2D eigenvalue weighted by molar-refractivity contribution is 0.548. The number of hydrogen-bond donors (Lipinski definition) is 1. The average molecular weight is 301 g/mol. The van der Waals surface area contributed by atoms with Crippen molar-refractivity contribution in [2.75, 3.05) is 24.3 Å². The van der Waals surface area contributed by atoms with E-state index in [4.69, 9.17) is 0 Å². The second-order valence-corrected chi connectivity index (χ2v) is 8.40. The molecule has 19 heavy (non-hydrogen) atoms. The van der Waals surface area contributed by atoms with Gasteiger partial charge >= 0.3 is 0 Å². The van der Waals surface area contributed by atoms with Crippen molar-refractivity contribution in [3.05, 3.63) is 35.9 Å². The van der Waals surface area contributed by atoms with Crippen LogP contribution in [0.1, 0.15) is 25.5 Å². The molecule has 0 fully saturated rings. The topological polar surface area (TPSA) is 46.2 Å². The molecule has 0 aromatic heterocycles. The molecule has 1 aromatic carbocycles. The predicted molar refractivity (Wildman–Crippen MR) is 84.5 cm³/mol. The van der Waals surface area contributed by atoms with E-state index in [0.717, 1.165) is 6.54 Å². The van der Waals surface area contributed by atoms with Gasteiger partial charge in [0, 0.05) is 23.3 Å². The zero-order chi connectivity index (χ0) is 14.3. The summed E-state index contributed by atoms with van der Waals surface area (Å²) in [6.45, 7) is 5.13. The first kappa shape index (κ1) is 16.5. The Balaban J connectivity index is 2.61. The first-order valence-electron chi connectivity index (χ1n) is 6.51. The number of rotatable bonds is 8. The van der Waals surface area contributed by atoms with E-state index in [0.29, 0.717) is 11.0 Å². The SMILES string of the molecule is CCNC(c1ccccc1)C(C)SCCS(C)(=O)=O. The average Bonchev–Trinajstić information content (AvgIpc) is 2.35. The second kappa shape index (κ2) is 7.92. The van der Waals surface area contributed by atoms with Gasteiger partial charge in [-0.2, -0.15) is 11.8 Å². The van der Waals surface area contributed by atoms with Crippen molar-refractivity contribution in [1.82, 2.24) is 5.32 Å². The molecule has 0 aliphatic rings. The van der Waals surface area contributed by atoms with E-state index in [2.05, 4.69) is 31.3 Å². The molecular weight excluding hydrogens is 278 g/mol. The van der Waals surface area contributed by atoms with Gasteiger partial charge in [-0.25, -0.2) is 8.42 Å². The molecule has 0 aliphatic heterocycles. The largest absolute Gasteiger partial charge is 0.309 e. The van der Waals surface area contributed by atoms with Gasteiger partial charge in [0.2, 0.25) is 0 Å². The standard InChI is InChI=1S/C14H23NO2S2/c1-4-15-14(13-8-6-5-7-9-13)12(2)18-10-11-19(3,16)17/h5-9,12,14-15H,4,10-11H2,1-3H3.